The SMILES string of the molecule is CCCCN(C)c1nccc(N2CCCCC2)n1. The van der Waals surface area contributed by atoms with Crippen LogP contribution in [0.3, 0.4) is 0 Å². The first-order valence-electron chi connectivity index (χ1n) is 7.10. The van der Waals surface area contributed by atoms with Crippen molar-refractivity contribution in [3.63, 3.8) is 0 Å². The Kier molecular flexibility index (Phi) is 4.79. The number of unbranched alkanes of at least 4 members (excludes halogenated alkanes) is 1. The Balaban J connectivity index is 2.04. The summed E-state index contributed by atoms with van der Waals surface area (Å²) in [6.45, 7) is 5.50. The third-order valence-electron chi connectivity index (χ3n) is 3.50. The third kappa shape index (κ3) is 3.34. The van der Waals surface area contributed by atoms with Crippen molar-refractivity contribution in [1.29, 1.82) is 0 Å². The largest absolute Gasteiger partial charge is 0.356 e. The normalized spacial score (nSPS) is 15.8. The molecule has 0 saturated carbocycles. The van der Waals surface area contributed by atoms with Crippen molar-refractivity contribution in [2.24, 2.45) is 0 Å². The van der Waals surface area contributed by atoms with Crippen LogP contribution in [-0.2, 0) is 0 Å². The van der Waals surface area contributed by atoms with Crippen LogP contribution in [-0.4, -0.2) is 36.6 Å². The van der Waals surface area contributed by atoms with Gasteiger partial charge in [0.05, 0.1) is 0 Å². The Morgan fingerprint density at radius 2 is 2.06 bits per heavy atom. The van der Waals surface area contributed by atoms with E-state index in [1.165, 1.54) is 32.1 Å². The fraction of sp³-hybridized carbons (Fsp3) is 0.714. The van der Waals surface area contributed by atoms with E-state index in [1.54, 1.807) is 0 Å². The maximum absolute atomic E-state index is 4.69. The molecular formula is C14H24N4. The van der Waals surface area contributed by atoms with Crippen molar-refractivity contribution in [1.82, 2.24) is 9.97 Å². The summed E-state index contributed by atoms with van der Waals surface area (Å²) in [7, 11) is 2.07. The number of hydrogen-bond donors (Lipinski definition) is 0. The van der Waals surface area contributed by atoms with Crippen molar-refractivity contribution < 1.29 is 0 Å². The van der Waals surface area contributed by atoms with E-state index in [9.17, 15) is 0 Å². The minimum Gasteiger partial charge on any atom is -0.356 e. The Bertz CT molecular complexity index is 361. The van der Waals surface area contributed by atoms with E-state index in [0.717, 1.165) is 31.4 Å². The molecule has 0 amide bonds. The molecule has 0 unspecified atom stereocenters. The van der Waals surface area contributed by atoms with Gasteiger partial charge in [0.15, 0.2) is 0 Å². The monoisotopic (exact) mass is 248 g/mol. The summed E-state index contributed by atoms with van der Waals surface area (Å²) in [6.07, 6.45) is 8.19. The van der Waals surface area contributed by atoms with Gasteiger partial charge in [0.1, 0.15) is 5.82 Å². The number of anilines is 2. The summed E-state index contributed by atoms with van der Waals surface area (Å²) < 4.78 is 0. The van der Waals surface area contributed by atoms with Gasteiger partial charge in [-0.1, -0.05) is 13.3 Å². The van der Waals surface area contributed by atoms with Crippen LogP contribution in [0.2, 0.25) is 0 Å². The van der Waals surface area contributed by atoms with Crippen molar-refractivity contribution in [2.45, 2.75) is 39.0 Å². The summed E-state index contributed by atoms with van der Waals surface area (Å²) >= 11 is 0. The van der Waals surface area contributed by atoms with Gasteiger partial charge in [-0.2, -0.15) is 4.98 Å². The predicted octanol–water partition coefficient (Wildman–Crippen LogP) is 2.70. The number of aromatic nitrogens is 2. The molecule has 0 aromatic carbocycles. The molecule has 1 aromatic heterocycles. The van der Waals surface area contributed by atoms with E-state index in [0.29, 0.717) is 0 Å². The fourth-order valence-electron chi connectivity index (χ4n) is 2.32. The van der Waals surface area contributed by atoms with Gasteiger partial charge < -0.3 is 9.80 Å². The maximum Gasteiger partial charge on any atom is 0.226 e. The molecule has 1 fully saturated rings. The molecular weight excluding hydrogens is 224 g/mol. The fourth-order valence-corrected chi connectivity index (χ4v) is 2.32. The topological polar surface area (TPSA) is 32.3 Å². The summed E-state index contributed by atoms with van der Waals surface area (Å²) in [5.74, 6) is 1.94. The average molecular weight is 248 g/mol. The zero-order valence-corrected chi connectivity index (χ0v) is 11.6. The molecule has 0 aliphatic carbocycles. The van der Waals surface area contributed by atoms with Crippen LogP contribution < -0.4 is 9.80 Å². The van der Waals surface area contributed by atoms with Crippen LogP contribution in [0.15, 0.2) is 12.3 Å². The second-order valence-corrected chi connectivity index (χ2v) is 5.04. The van der Waals surface area contributed by atoms with Crippen LogP contribution in [0.1, 0.15) is 39.0 Å². The lowest BCUT2D eigenvalue weighted by Gasteiger charge is -2.28. The van der Waals surface area contributed by atoms with Crippen molar-refractivity contribution in [3.05, 3.63) is 12.3 Å². The van der Waals surface area contributed by atoms with Gasteiger partial charge in [-0.15, -0.1) is 0 Å². The Hall–Kier alpha value is -1.32. The summed E-state index contributed by atoms with van der Waals surface area (Å²) in [5, 5.41) is 0. The van der Waals surface area contributed by atoms with E-state index in [2.05, 4.69) is 33.7 Å². The highest BCUT2D eigenvalue weighted by molar-refractivity contribution is 5.43. The van der Waals surface area contributed by atoms with E-state index in [1.807, 2.05) is 12.3 Å². The van der Waals surface area contributed by atoms with E-state index < -0.39 is 0 Å². The zero-order chi connectivity index (χ0) is 12.8. The van der Waals surface area contributed by atoms with Crippen LogP contribution >= 0.6 is 0 Å². The van der Waals surface area contributed by atoms with Crippen LogP contribution in [0.25, 0.3) is 0 Å². The first-order chi connectivity index (χ1) is 8.81. The molecule has 1 saturated heterocycles. The molecule has 0 N–H and O–H groups in total. The number of rotatable bonds is 5. The molecule has 18 heavy (non-hydrogen) atoms. The van der Waals surface area contributed by atoms with E-state index in [-0.39, 0.29) is 0 Å². The summed E-state index contributed by atoms with van der Waals surface area (Å²) in [5.41, 5.74) is 0. The molecule has 0 bridgehead atoms. The molecule has 1 aliphatic heterocycles. The Morgan fingerprint density at radius 3 is 2.78 bits per heavy atom. The molecule has 1 aromatic rings. The quantitative estimate of drug-likeness (QED) is 0.802. The third-order valence-corrected chi connectivity index (χ3v) is 3.50. The zero-order valence-electron chi connectivity index (χ0n) is 11.6. The van der Waals surface area contributed by atoms with Gasteiger partial charge in [-0.3, -0.25) is 0 Å². The van der Waals surface area contributed by atoms with Crippen LogP contribution in [0.4, 0.5) is 11.8 Å². The Labute approximate surface area is 110 Å². The van der Waals surface area contributed by atoms with E-state index in [4.69, 9.17) is 0 Å². The van der Waals surface area contributed by atoms with Crippen LogP contribution in [0.5, 0.6) is 0 Å². The molecule has 1 aliphatic rings. The van der Waals surface area contributed by atoms with Gasteiger partial charge in [-0.25, -0.2) is 4.98 Å². The number of piperidine rings is 1. The molecule has 0 spiro atoms. The molecule has 4 heteroatoms. The molecule has 0 atom stereocenters. The summed E-state index contributed by atoms with van der Waals surface area (Å²) in [4.78, 5) is 13.6. The van der Waals surface area contributed by atoms with Gasteiger partial charge in [0.25, 0.3) is 0 Å². The number of nitrogens with zero attached hydrogens (tertiary/aromatic N) is 4. The maximum atomic E-state index is 4.69. The first-order valence-corrected chi connectivity index (χ1v) is 7.10. The minimum absolute atomic E-state index is 0.853. The lowest BCUT2D eigenvalue weighted by molar-refractivity contribution is 0.572. The summed E-state index contributed by atoms with van der Waals surface area (Å²) in [6, 6.07) is 2.03. The Morgan fingerprint density at radius 1 is 1.28 bits per heavy atom. The highest BCUT2D eigenvalue weighted by Gasteiger charge is 2.13. The molecule has 4 nitrogen and oxygen atoms in total. The van der Waals surface area contributed by atoms with E-state index >= 15 is 0 Å². The first kappa shape index (κ1) is 13.1. The van der Waals surface area contributed by atoms with Crippen molar-refractivity contribution in [3.8, 4) is 0 Å². The van der Waals surface area contributed by atoms with Crippen molar-refractivity contribution in [2.75, 3.05) is 36.5 Å². The van der Waals surface area contributed by atoms with Gasteiger partial charge in [0, 0.05) is 32.9 Å². The lowest BCUT2D eigenvalue weighted by atomic mass is 10.1. The van der Waals surface area contributed by atoms with Gasteiger partial charge in [-0.05, 0) is 31.7 Å². The van der Waals surface area contributed by atoms with Crippen molar-refractivity contribution >= 4 is 11.8 Å². The van der Waals surface area contributed by atoms with Crippen LogP contribution in [0, 0.1) is 0 Å². The lowest BCUT2D eigenvalue weighted by Crippen LogP contribution is -2.31. The highest BCUT2D eigenvalue weighted by atomic mass is 15.3. The predicted molar refractivity (Wildman–Crippen MR) is 76.3 cm³/mol. The smallest absolute Gasteiger partial charge is 0.226 e. The molecule has 0 radical (unpaired) electrons. The molecule has 2 rings (SSSR count). The second kappa shape index (κ2) is 6.57. The van der Waals surface area contributed by atoms with Gasteiger partial charge in [0.2, 0.25) is 5.95 Å². The standard InChI is InChI=1S/C14H24N4/c1-3-4-10-17(2)14-15-9-8-13(16-14)18-11-6-5-7-12-18/h8-9H,3-7,10-12H2,1-2H3. The number of hydrogen-bond acceptors (Lipinski definition) is 4. The average Bonchev–Trinajstić information content (AvgIpc) is 2.46. The molecule has 100 valence electrons. The second-order valence-electron chi connectivity index (χ2n) is 5.04. The highest BCUT2D eigenvalue weighted by Crippen LogP contribution is 2.19. The molecule has 2 heterocycles. The minimum atomic E-state index is 0.853. The van der Waals surface area contributed by atoms with Gasteiger partial charge >= 0.3 is 0 Å².